The summed E-state index contributed by atoms with van der Waals surface area (Å²) < 4.78 is 25.6. The van der Waals surface area contributed by atoms with Gasteiger partial charge in [-0.15, -0.1) is 12.4 Å². The first kappa shape index (κ1) is 15.8. The fourth-order valence-electron chi connectivity index (χ4n) is 1.86. The van der Waals surface area contributed by atoms with Gasteiger partial charge in [0.15, 0.2) is 0 Å². The van der Waals surface area contributed by atoms with Crippen molar-refractivity contribution >= 4 is 28.1 Å². The number of sulfonamides is 1. The first-order valence-electron chi connectivity index (χ1n) is 5.41. The molecule has 0 bridgehead atoms. The maximum atomic E-state index is 12.2. The zero-order chi connectivity index (χ0) is 13.3. The van der Waals surface area contributed by atoms with Crippen LogP contribution in [0.2, 0.25) is 0 Å². The quantitative estimate of drug-likeness (QED) is 0.654. The lowest BCUT2D eigenvalue weighted by molar-refractivity contribution is -0.384. The Morgan fingerprint density at radius 3 is 2.32 bits per heavy atom. The molecule has 19 heavy (non-hydrogen) atoms. The first-order valence-corrected chi connectivity index (χ1v) is 6.85. The van der Waals surface area contributed by atoms with Gasteiger partial charge in [0.2, 0.25) is 10.0 Å². The number of rotatable bonds is 3. The fraction of sp³-hybridized carbons (Fsp3) is 0.400. The van der Waals surface area contributed by atoms with E-state index in [9.17, 15) is 18.5 Å². The third-order valence-corrected chi connectivity index (χ3v) is 4.75. The Morgan fingerprint density at radius 2 is 1.89 bits per heavy atom. The van der Waals surface area contributed by atoms with Crippen LogP contribution in [0.4, 0.5) is 5.69 Å². The molecule has 1 saturated heterocycles. The van der Waals surface area contributed by atoms with E-state index >= 15 is 0 Å². The van der Waals surface area contributed by atoms with Crippen molar-refractivity contribution in [3.63, 3.8) is 0 Å². The number of nitrogens with zero attached hydrogens (tertiary/aromatic N) is 2. The molecule has 1 fully saturated rings. The molecule has 1 aromatic carbocycles. The normalized spacial score (nSPS) is 19.9. The molecular formula is C10H14ClN3O4S. The third-order valence-electron chi connectivity index (χ3n) is 2.87. The molecule has 0 unspecified atom stereocenters. The Morgan fingerprint density at radius 1 is 1.32 bits per heavy atom. The summed E-state index contributed by atoms with van der Waals surface area (Å²) in [4.78, 5) is 9.98. The van der Waals surface area contributed by atoms with Crippen molar-refractivity contribution in [3.05, 3.63) is 34.4 Å². The summed E-state index contributed by atoms with van der Waals surface area (Å²) in [6, 6.07) is 4.72. The number of nitrogens with two attached hydrogens (primary N) is 1. The minimum absolute atomic E-state index is 0. The number of nitro groups is 1. The molecule has 1 atom stereocenters. The van der Waals surface area contributed by atoms with E-state index in [4.69, 9.17) is 5.73 Å². The van der Waals surface area contributed by atoms with Crippen LogP contribution < -0.4 is 5.73 Å². The molecule has 106 valence electrons. The highest BCUT2D eigenvalue weighted by Crippen LogP contribution is 2.22. The SMILES string of the molecule is Cl.N[C@@H]1CCN(S(=O)(=O)c2ccc([N+](=O)[O-])cc2)C1. The van der Waals surface area contributed by atoms with E-state index in [1.165, 1.54) is 28.6 Å². The molecular weight excluding hydrogens is 294 g/mol. The summed E-state index contributed by atoms with van der Waals surface area (Å²) >= 11 is 0. The van der Waals surface area contributed by atoms with Crippen molar-refractivity contribution in [1.82, 2.24) is 4.31 Å². The van der Waals surface area contributed by atoms with Crippen molar-refractivity contribution in [2.45, 2.75) is 17.4 Å². The van der Waals surface area contributed by atoms with E-state index in [-0.39, 0.29) is 29.0 Å². The van der Waals surface area contributed by atoms with Gasteiger partial charge in [-0.25, -0.2) is 8.42 Å². The van der Waals surface area contributed by atoms with E-state index in [0.717, 1.165) is 0 Å². The number of hydrogen-bond acceptors (Lipinski definition) is 5. The smallest absolute Gasteiger partial charge is 0.269 e. The van der Waals surface area contributed by atoms with E-state index in [1.54, 1.807) is 0 Å². The predicted molar refractivity (Wildman–Crippen MR) is 71.7 cm³/mol. The van der Waals surface area contributed by atoms with Gasteiger partial charge in [0.05, 0.1) is 9.82 Å². The molecule has 9 heteroatoms. The van der Waals surface area contributed by atoms with Crippen LogP contribution in [0.5, 0.6) is 0 Å². The monoisotopic (exact) mass is 307 g/mol. The van der Waals surface area contributed by atoms with Gasteiger partial charge in [0.25, 0.3) is 5.69 Å². The van der Waals surface area contributed by atoms with Crippen LogP contribution in [-0.2, 0) is 10.0 Å². The van der Waals surface area contributed by atoms with Gasteiger partial charge in [-0.1, -0.05) is 0 Å². The third kappa shape index (κ3) is 3.21. The summed E-state index contributed by atoms with van der Waals surface area (Å²) in [6.07, 6.45) is 0.631. The standard InChI is InChI=1S/C10H13N3O4S.ClH/c11-8-5-6-12(7-8)18(16,17)10-3-1-9(2-4-10)13(14)15;/h1-4,8H,5-7,11H2;1H/t8-;/m1./s1. The van der Waals surface area contributed by atoms with Gasteiger partial charge in [0.1, 0.15) is 0 Å². The first-order chi connectivity index (χ1) is 8.41. The topological polar surface area (TPSA) is 107 Å². The highest BCUT2D eigenvalue weighted by molar-refractivity contribution is 7.89. The van der Waals surface area contributed by atoms with Gasteiger partial charge in [0, 0.05) is 31.3 Å². The molecule has 0 saturated carbocycles. The second-order valence-electron chi connectivity index (χ2n) is 4.16. The Hall–Kier alpha value is -1.22. The minimum Gasteiger partial charge on any atom is -0.326 e. The lowest BCUT2D eigenvalue weighted by Crippen LogP contribution is -2.31. The average molecular weight is 308 g/mol. The number of halogens is 1. The van der Waals surface area contributed by atoms with Crippen LogP contribution in [0.3, 0.4) is 0 Å². The molecule has 2 rings (SSSR count). The van der Waals surface area contributed by atoms with Gasteiger partial charge in [-0.05, 0) is 18.6 Å². The molecule has 0 radical (unpaired) electrons. The predicted octanol–water partition coefficient (Wildman–Crippen LogP) is 0.738. The van der Waals surface area contributed by atoms with E-state index < -0.39 is 14.9 Å². The molecule has 1 aromatic rings. The number of benzene rings is 1. The second-order valence-corrected chi connectivity index (χ2v) is 6.10. The minimum atomic E-state index is -3.58. The van der Waals surface area contributed by atoms with E-state index in [2.05, 4.69) is 0 Å². The maximum absolute atomic E-state index is 12.2. The Balaban J connectivity index is 0.00000180. The summed E-state index contributed by atoms with van der Waals surface area (Å²) in [6.45, 7) is 0.680. The molecule has 0 spiro atoms. The molecule has 0 amide bonds. The number of nitro benzene ring substituents is 1. The van der Waals surface area contributed by atoms with Crippen molar-refractivity contribution < 1.29 is 13.3 Å². The van der Waals surface area contributed by atoms with E-state index in [1.807, 2.05) is 0 Å². The molecule has 0 aliphatic carbocycles. The fourth-order valence-corrected chi connectivity index (χ4v) is 3.37. The Kier molecular flexibility index (Phi) is 4.86. The van der Waals surface area contributed by atoms with Crippen molar-refractivity contribution in [2.75, 3.05) is 13.1 Å². The van der Waals surface area contributed by atoms with Gasteiger partial charge in [-0.2, -0.15) is 4.31 Å². The van der Waals surface area contributed by atoms with Crippen LogP contribution in [-0.4, -0.2) is 36.8 Å². The molecule has 1 heterocycles. The maximum Gasteiger partial charge on any atom is 0.269 e. The summed E-state index contributed by atoms with van der Waals surface area (Å²) in [5, 5.41) is 10.5. The van der Waals surface area contributed by atoms with Crippen LogP contribution in [0, 0.1) is 10.1 Å². The van der Waals surface area contributed by atoms with Crippen molar-refractivity contribution in [2.24, 2.45) is 5.73 Å². The van der Waals surface area contributed by atoms with Gasteiger partial charge in [-0.3, -0.25) is 10.1 Å². The van der Waals surface area contributed by atoms with Crippen LogP contribution in [0.25, 0.3) is 0 Å². The highest BCUT2D eigenvalue weighted by atomic mass is 35.5. The summed E-state index contributed by atoms with van der Waals surface area (Å²) in [5.74, 6) is 0. The highest BCUT2D eigenvalue weighted by Gasteiger charge is 2.31. The van der Waals surface area contributed by atoms with Crippen LogP contribution in [0.15, 0.2) is 29.2 Å². The summed E-state index contributed by atoms with van der Waals surface area (Å²) in [7, 11) is -3.58. The molecule has 1 aliphatic rings. The average Bonchev–Trinajstić information content (AvgIpc) is 2.76. The Bertz CT molecular complexity index is 561. The zero-order valence-corrected chi connectivity index (χ0v) is 11.6. The molecule has 1 aliphatic heterocycles. The van der Waals surface area contributed by atoms with E-state index in [0.29, 0.717) is 19.5 Å². The van der Waals surface area contributed by atoms with Crippen LogP contribution >= 0.6 is 12.4 Å². The lowest BCUT2D eigenvalue weighted by atomic mass is 10.3. The molecule has 7 nitrogen and oxygen atoms in total. The zero-order valence-electron chi connectivity index (χ0n) is 9.93. The largest absolute Gasteiger partial charge is 0.326 e. The van der Waals surface area contributed by atoms with Gasteiger partial charge >= 0.3 is 0 Å². The summed E-state index contributed by atoms with van der Waals surface area (Å²) in [5.41, 5.74) is 5.54. The molecule has 0 aromatic heterocycles. The van der Waals surface area contributed by atoms with Crippen molar-refractivity contribution in [1.29, 1.82) is 0 Å². The number of non-ortho nitro benzene ring substituents is 1. The Labute approximate surface area is 117 Å². The second kappa shape index (κ2) is 5.83. The molecule has 2 N–H and O–H groups in total. The lowest BCUT2D eigenvalue weighted by Gasteiger charge is -2.15. The van der Waals surface area contributed by atoms with Gasteiger partial charge < -0.3 is 5.73 Å². The number of hydrogen-bond donors (Lipinski definition) is 1. The van der Waals surface area contributed by atoms with Crippen LogP contribution in [0.1, 0.15) is 6.42 Å². The van der Waals surface area contributed by atoms with Crippen molar-refractivity contribution in [3.8, 4) is 0 Å².